The molecule has 2 N–H and O–H groups in total. The van der Waals surface area contributed by atoms with Gasteiger partial charge in [-0.1, -0.05) is 22.9 Å². The van der Waals surface area contributed by atoms with E-state index in [4.69, 9.17) is 16.3 Å². The largest absolute Gasteiger partial charge is 0.376 e. The molecule has 1 aromatic carbocycles. The van der Waals surface area contributed by atoms with Gasteiger partial charge in [0.25, 0.3) is 11.8 Å². The molecular formula is C22H26ClN5O4S. The summed E-state index contributed by atoms with van der Waals surface area (Å²) in [6, 6.07) is 6.70. The molecule has 1 aromatic heterocycles. The zero-order chi connectivity index (χ0) is 23.2. The number of halogens is 1. The number of piperidine rings is 1. The normalized spacial score (nSPS) is 18.8. The average Bonchev–Trinajstić information content (AvgIpc) is 3.52. The molecule has 4 rings (SSSR count). The summed E-state index contributed by atoms with van der Waals surface area (Å²) in [5, 5.41) is 14.3. The summed E-state index contributed by atoms with van der Waals surface area (Å²) in [6.45, 7) is 2.44. The molecule has 2 saturated heterocycles. The molecule has 0 unspecified atom stereocenters. The summed E-state index contributed by atoms with van der Waals surface area (Å²) in [5.41, 5.74) is 0.578. The van der Waals surface area contributed by atoms with E-state index >= 15 is 0 Å². The van der Waals surface area contributed by atoms with Crippen molar-refractivity contribution in [2.24, 2.45) is 5.92 Å². The van der Waals surface area contributed by atoms with Gasteiger partial charge in [-0.15, -0.1) is 10.2 Å². The number of hydrogen-bond donors (Lipinski definition) is 2. The molecule has 9 nitrogen and oxygen atoms in total. The van der Waals surface area contributed by atoms with Crippen molar-refractivity contribution in [3.05, 3.63) is 39.3 Å². The van der Waals surface area contributed by atoms with Crippen molar-refractivity contribution in [1.29, 1.82) is 0 Å². The lowest BCUT2D eigenvalue weighted by Crippen LogP contribution is -2.40. The van der Waals surface area contributed by atoms with Gasteiger partial charge >= 0.3 is 0 Å². The number of carbonyl (C=O) groups excluding carboxylic acids is 3. The number of aromatic nitrogens is 2. The zero-order valence-electron chi connectivity index (χ0n) is 18.1. The van der Waals surface area contributed by atoms with E-state index < -0.39 is 5.91 Å². The van der Waals surface area contributed by atoms with Crippen LogP contribution in [0.4, 0.5) is 5.69 Å². The number of carbonyl (C=O) groups is 3. The Hall–Kier alpha value is -2.56. The fourth-order valence-corrected chi connectivity index (χ4v) is 4.79. The summed E-state index contributed by atoms with van der Waals surface area (Å²) in [7, 11) is 0. The van der Waals surface area contributed by atoms with Crippen molar-refractivity contribution in [2.45, 2.75) is 38.2 Å². The number of ether oxygens (including phenoxy) is 1. The highest BCUT2D eigenvalue weighted by Gasteiger charge is 2.28. The molecule has 0 aliphatic carbocycles. The molecule has 2 fully saturated rings. The van der Waals surface area contributed by atoms with Gasteiger partial charge in [-0.05, 0) is 55.9 Å². The Kier molecular flexibility index (Phi) is 7.89. The van der Waals surface area contributed by atoms with Crippen LogP contribution in [-0.2, 0) is 9.53 Å². The Morgan fingerprint density at radius 2 is 1.82 bits per heavy atom. The standard InChI is InChI=1S/C22H26ClN5O4S/c23-15-3-5-16(6-4-15)25-19(30)20-26-27-21(33-20)22(31)28-9-7-14(8-10-28)12-18(29)24-13-17-2-1-11-32-17/h3-6,14,17H,1-2,7-13H2,(H,24,29)(H,25,30)/t17-/m1/s1. The highest BCUT2D eigenvalue weighted by molar-refractivity contribution is 7.15. The molecule has 1 atom stereocenters. The van der Waals surface area contributed by atoms with Gasteiger partial charge in [-0.2, -0.15) is 0 Å². The Bertz CT molecular complexity index is 985. The second kappa shape index (κ2) is 11.0. The van der Waals surface area contributed by atoms with Gasteiger partial charge in [-0.3, -0.25) is 14.4 Å². The quantitative estimate of drug-likeness (QED) is 0.615. The first-order chi connectivity index (χ1) is 16.0. The third kappa shape index (κ3) is 6.49. The molecule has 176 valence electrons. The van der Waals surface area contributed by atoms with Crippen LogP contribution in [0.15, 0.2) is 24.3 Å². The van der Waals surface area contributed by atoms with E-state index in [9.17, 15) is 14.4 Å². The number of anilines is 1. The van der Waals surface area contributed by atoms with Gasteiger partial charge in [0.1, 0.15) is 0 Å². The molecule has 2 aromatic rings. The van der Waals surface area contributed by atoms with E-state index in [0.717, 1.165) is 43.6 Å². The van der Waals surface area contributed by atoms with Gasteiger partial charge in [-0.25, -0.2) is 0 Å². The smallest absolute Gasteiger partial charge is 0.286 e. The molecule has 0 radical (unpaired) electrons. The molecule has 0 saturated carbocycles. The predicted molar refractivity (Wildman–Crippen MR) is 125 cm³/mol. The minimum atomic E-state index is -0.429. The molecule has 11 heteroatoms. The lowest BCUT2D eigenvalue weighted by molar-refractivity contribution is -0.122. The topological polar surface area (TPSA) is 114 Å². The second-order valence-corrected chi connectivity index (χ2v) is 9.67. The number of nitrogens with zero attached hydrogens (tertiary/aromatic N) is 3. The van der Waals surface area contributed by atoms with Crippen LogP contribution < -0.4 is 10.6 Å². The third-order valence-electron chi connectivity index (χ3n) is 5.83. The number of rotatable bonds is 7. The van der Waals surface area contributed by atoms with Crippen molar-refractivity contribution in [2.75, 3.05) is 31.6 Å². The van der Waals surface area contributed by atoms with Gasteiger partial charge in [0.15, 0.2) is 0 Å². The molecule has 0 spiro atoms. The predicted octanol–water partition coefficient (Wildman–Crippen LogP) is 2.98. The fourth-order valence-electron chi connectivity index (χ4n) is 3.96. The van der Waals surface area contributed by atoms with Crippen molar-refractivity contribution in [1.82, 2.24) is 20.4 Å². The molecule has 33 heavy (non-hydrogen) atoms. The lowest BCUT2D eigenvalue weighted by atomic mass is 9.93. The van der Waals surface area contributed by atoms with Gasteiger partial charge in [0, 0.05) is 43.4 Å². The van der Waals surface area contributed by atoms with E-state index in [1.54, 1.807) is 29.2 Å². The van der Waals surface area contributed by atoms with Crippen molar-refractivity contribution < 1.29 is 19.1 Å². The maximum atomic E-state index is 12.8. The van der Waals surface area contributed by atoms with E-state index in [0.29, 0.717) is 36.8 Å². The van der Waals surface area contributed by atoms with E-state index in [1.165, 1.54) is 0 Å². The van der Waals surface area contributed by atoms with Crippen molar-refractivity contribution in [3.8, 4) is 0 Å². The Labute approximate surface area is 200 Å². The van der Waals surface area contributed by atoms with E-state index in [1.807, 2.05) is 0 Å². The second-order valence-electron chi connectivity index (χ2n) is 8.25. The molecule has 2 aliphatic heterocycles. The summed E-state index contributed by atoms with van der Waals surface area (Å²) < 4.78 is 5.53. The Morgan fingerprint density at radius 3 is 2.52 bits per heavy atom. The van der Waals surface area contributed by atoms with Crippen LogP contribution in [0.25, 0.3) is 0 Å². The highest BCUT2D eigenvalue weighted by Crippen LogP contribution is 2.23. The maximum Gasteiger partial charge on any atom is 0.286 e. The minimum Gasteiger partial charge on any atom is -0.376 e. The van der Waals surface area contributed by atoms with Crippen LogP contribution in [0.5, 0.6) is 0 Å². The first-order valence-electron chi connectivity index (χ1n) is 11.1. The number of amides is 3. The number of nitrogens with one attached hydrogen (secondary N) is 2. The van der Waals surface area contributed by atoms with Crippen molar-refractivity contribution in [3.63, 3.8) is 0 Å². The number of benzene rings is 1. The number of likely N-dealkylation sites (tertiary alicyclic amines) is 1. The average molecular weight is 492 g/mol. The highest BCUT2D eigenvalue weighted by atomic mass is 35.5. The Morgan fingerprint density at radius 1 is 1.09 bits per heavy atom. The van der Waals surface area contributed by atoms with Gasteiger partial charge < -0.3 is 20.3 Å². The lowest BCUT2D eigenvalue weighted by Gasteiger charge is -2.31. The van der Waals surface area contributed by atoms with Crippen LogP contribution in [0.1, 0.15) is 51.7 Å². The fraction of sp³-hybridized carbons (Fsp3) is 0.500. The van der Waals surface area contributed by atoms with Gasteiger partial charge in [0.05, 0.1) is 6.10 Å². The van der Waals surface area contributed by atoms with E-state index in [-0.39, 0.29) is 33.9 Å². The maximum absolute atomic E-state index is 12.8. The molecule has 2 aliphatic rings. The molecule has 3 heterocycles. The van der Waals surface area contributed by atoms with Crippen LogP contribution >= 0.6 is 22.9 Å². The first-order valence-corrected chi connectivity index (χ1v) is 12.3. The van der Waals surface area contributed by atoms with Crippen LogP contribution in [-0.4, -0.2) is 65.2 Å². The third-order valence-corrected chi connectivity index (χ3v) is 6.99. The van der Waals surface area contributed by atoms with E-state index in [2.05, 4.69) is 20.8 Å². The first kappa shape index (κ1) is 23.6. The van der Waals surface area contributed by atoms with Crippen LogP contribution in [0.3, 0.4) is 0 Å². The summed E-state index contributed by atoms with van der Waals surface area (Å²) >= 11 is 6.82. The molecule has 0 bridgehead atoms. The van der Waals surface area contributed by atoms with Crippen LogP contribution in [0.2, 0.25) is 5.02 Å². The van der Waals surface area contributed by atoms with Gasteiger partial charge in [0.2, 0.25) is 15.9 Å². The minimum absolute atomic E-state index is 0.0377. The summed E-state index contributed by atoms with van der Waals surface area (Å²) in [5.74, 6) is -0.384. The SMILES string of the molecule is O=C(CC1CCN(C(=O)c2nnc(C(=O)Nc3ccc(Cl)cc3)s2)CC1)NC[C@H]1CCCO1. The monoisotopic (exact) mass is 491 g/mol. The van der Waals surface area contributed by atoms with Crippen molar-refractivity contribution >= 4 is 46.3 Å². The number of hydrogen-bond acceptors (Lipinski definition) is 7. The zero-order valence-corrected chi connectivity index (χ0v) is 19.7. The molecule has 3 amide bonds. The Balaban J connectivity index is 1.22. The summed E-state index contributed by atoms with van der Waals surface area (Å²) in [4.78, 5) is 39.1. The van der Waals surface area contributed by atoms with Crippen LogP contribution in [0, 0.1) is 5.92 Å². The molecular weight excluding hydrogens is 466 g/mol. The summed E-state index contributed by atoms with van der Waals surface area (Å²) in [6.07, 6.45) is 4.15.